The van der Waals surface area contributed by atoms with Gasteiger partial charge in [-0.15, -0.1) is 11.6 Å². The zero-order valence-corrected chi connectivity index (χ0v) is 13.3. The van der Waals surface area contributed by atoms with E-state index in [2.05, 4.69) is 6.58 Å². The summed E-state index contributed by atoms with van der Waals surface area (Å²) in [5.74, 6) is 0.246. The molecule has 1 aromatic carbocycles. The number of nitrogens with zero attached hydrogens (tertiary/aromatic N) is 1. The summed E-state index contributed by atoms with van der Waals surface area (Å²) in [7, 11) is 0. The van der Waals surface area contributed by atoms with Crippen molar-refractivity contribution >= 4 is 17.6 Å². The molecule has 3 nitrogen and oxygen atoms in total. The molecule has 0 fully saturated rings. The molecule has 0 heterocycles. The zero-order chi connectivity index (χ0) is 15.4. The van der Waals surface area contributed by atoms with Crippen LogP contribution in [-0.4, -0.2) is 30.2 Å². The van der Waals surface area contributed by atoms with E-state index >= 15 is 0 Å². The van der Waals surface area contributed by atoms with Crippen molar-refractivity contribution in [1.29, 1.82) is 0 Å². The summed E-state index contributed by atoms with van der Waals surface area (Å²) in [6.07, 6.45) is 1.02. The Bertz CT molecular complexity index is 377. The first-order valence-corrected chi connectivity index (χ1v) is 7.29. The molecule has 0 radical (unpaired) electrons. The lowest BCUT2D eigenvalue weighted by Gasteiger charge is -2.25. The van der Waals surface area contributed by atoms with Gasteiger partial charge in [0.25, 0.3) is 0 Å². The minimum absolute atomic E-state index is 0.162. The molecule has 0 N–H and O–H groups in total. The topological polar surface area (TPSA) is 29.5 Å². The molecular weight excluding hydrogens is 274 g/mol. The Balaban J connectivity index is 0.000000388. The van der Waals surface area contributed by atoms with Gasteiger partial charge in [0.15, 0.2) is 6.23 Å². The highest BCUT2D eigenvalue weighted by Gasteiger charge is 2.12. The Labute approximate surface area is 127 Å². The van der Waals surface area contributed by atoms with E-state index in [1.807, 2.05) is 56.0 Å². The van der Waals surface area contributed by atoms with E-state index < -0.39 is 0 Å². The van der Waals surface area contributed by atoms with Gasteiger partial charge >= 0.3 is 5.97 Å². The molecule has 0 amide bonds. The van der Waals surface area contributed by atoms with Gasteiger partial charge in [0, 0.05) is 12.0 Å². The van der Waals surface area contributed by atoms with Crippen molar-refractivity contribution in [3.63, 3.8) is 0 Å². The van der Waals surface area contributed by atoms with Gasteiger partial charge in [-0.3, -0.25) is 4.90 Å². The van der Waals surface area contributed by atoms with Crippen molar-refractivity contribution in [1.82, 2.24) is 4.90 Å². The third kappa shape index (κ3) is 7.97. The third-order valence-electron chi connectivity index (χ3n) is 2.78. The van der Waals surface area contributed by atoms with E-state index in [0.29, 0.717) is 5.88 Å². The van der Waals surface area contributed by atoms with E-state index in [4.69, 9.17) is 16.3 Å². The summed E-state index contributed by atoms with van der Waals surface area (Å²) in [4.78, 5) is 12.8. The molecule has 0 aliphatic rings. The molecule has 1 unspecified atom stereocenters. The maximum atomic E-state index is 10.8. The lowest BCUT2D eigenvalue weighted by Crippen LogP contribution is -2.35. The molecule has 0 bridgehead atoms. The Hall–Kier alpha value is -1.32. The van der Waals surface area contributed by atoms with Crippen LogP contribution in [0.3, 0.4) is 0 Å². The van der Waals surface area contributed by atoms with Crippen molar-refractivity contribution in [2.45, 2.75) is 32.9 Å². The molecule has 1 rings (SSSR count). The van der Waals surface area contributed by atoms with Crippen LogP contribution in [0.15, 0.2) is 43.0 Å². The van der Waals surface area contributed by atoms with Crippen LogP contribution in [0.1, 0.15) is 26.3 Å². The number of carbonyl (C=O) groups is 1. The number of halogens is 1. The smallest absolute Gasteiger partial charge is 0.331 e. The lowest BCUT2D eigenvalue weighted by atomic mass is 10.2. The average molecular weight is 298 g/mol. The van der Waals surface area contributed by atoms with Crippen LogP contribution in [0.4, 0.5) is 0 Å². The van der Waals surface area contributed by atoms with Gasteiger partial charge in [-0.25, -0.2) is 4.79 Å². The lowest BCUT2D eigenvalue weighted by molar-refractivity contribution is -0.150. The van der Waals surface area contributed by atoms with Gasteiger partial charge in [-0.05, 0) is 25.6 Å². The molecule has 1 aromatic rings. The predicted octanol–water partition coefficient (Wildman–Crippen LogP) is 3.83. The zero-order valence-electron chi connectivity index (χ0n) is 12.5. The largest absolute Gasteiger partial charge is 0.443 e. The second-order valence-corrected chi connectivity index (χ2v) is 4.35. The molecule has 1 atom stereocenters. The molecule has 0 spiro atoms. The Morgan fingerprint density at radius 3 is 2.25 bits per heavy atom. The molecule has 0 aromatic heterocycles. The Kier molecular flexibility index (Phi) is 10.7. The van der Waals surface area contributed by atoms with Gasteiger partial charge in [-0.2, -0.15) is 0 Å². The average Bonchev–Trinajstić information content (AvgIpc) is 2.49. The van der Waals surface area contributed by atoms with Crippen molar-refractivity contribution in [3.05, 3.63) is 48.6 Å². The van der Waals surface area contributed by atoms with Crippen LogP contribution < -0.4 is 0 Å². The first-order chi connectivity index (χ1) is 9.58. The van der Waals surface area contributed by atoms with Gasteiger partial charge in [0.1, 0.15) is 0 Å². The van der Waals surface area contributed by atoms with Crippen molar-refractivity contribution in [3.8, 4) is 0 Å². The monoisotopic (exact) mass is 297 g/mol. The normalized spacial score (nSPS) is 11.2. The Morgan fingerprint density at radius 2 is 1.90 bits per heavy atom. The first kappa shape index (κ1) is 18.7. The molecule has 0 saturated carbocycles. The standard InChI is InChI=1S/C9H17NO2.C7H7Cl/c1-5-9(11)12-8(4)10(6-2)7-3;8-6-7-4-2-1-3-5-7/h5,8H,1,6-7H2,2-4H3;1-5H,6H2. The summed E-state index contributed by atoms with van der Waals surface area (Å²) < 4.78 is 5.01. The fourth-order valence-corrected chi connectivity index (χ4v) is 1.77. The maximum Gasteiger partial charge on any atom is 0.331 e. The second-order valence-electron chi connectivity index (χ2n) is 4.08. The molecule has 20 heavy (non-hydrogen) atoms. The summed E-state index contributed by atoms with van der Waals surface area (Å²) in [5, 5.41) is 0. The molecule has 0 aliphatic heterocycles. The SMILES string of the molecule is C=CC(=O)OC(C)N(CC)CC.ClCc1ccccc1. The number of benzene rings is 1. The van der Waals surface area contributed by atoms with Crippen molar-refractivity contribution < 1.29 is 9.53 Å². The first-order valence-electron chi connectivity index (χ1n) is 6.75. The fraction of sp³-hybridized carbons (Fsp3) is 0.438. The molecule has 0 saturated heterocycles. The van der Waals surface area contributed by atoms with Gasteiger partial charge < -0.3 is 4.74 Å². The third-order valence-corrected chi connectivity index (χ3v) is 3.09. The van der Waals surface area contributed by atoms with Gasteiger partial charge in [-0.1, -0.05) is 50.8 Å². The van der Waals surface area contributed by atoms with E-state index in [1.54, 1.807) is 0 Å². The van der Waals surface area contributed by atoms with E-state index in [1.165, 1.54) is 11.6 Å². The van der Waals surface area contributed by atoms with Crippen LogP contribution in [0.5, 0.6) is 0 Å². The highest BCUT2D eigenvalue weighted by Crippen LogP contribution is 2.01. The van der Waals surface area contributed by atoms with Crippen LogP contribution in [0.25, 0.3) is 0 Å². The molecular formula is C16H24ClNO2. The van der Waals surface area contributed by atoms with Crippen molar-refractivity contribution in [2.75, 3.05) is 13.1 Å². The van der Waals surface area contributed by atoms with Crippen molar-refractivity contribution in [2.24, 2.45) is 0 Å². The second kappa shape index (κ2) is 11.5. The summed E-state index contributed by atoms with van der Waals surface area (Å²) in [6, 6.07) is 9.96. The summed E-state index contributed by atoms with van der Waals surface area (Å²) in [6.45, 7) is 11.0. The number of alkyl halides is 1. The number of esters is 1. The summed E-state index contributed by atoms with van der Waals surface area (Å²) >= 11 is 5.53. The summed E-state index contributed by atoms with van der Waals surface area (Å²) in [5.41, 5.74) is 1.18. The molecule has 4 heteroatoms. The van der Waals surface area contributed by atoms with Gasteiger partial charge in [0.05, 0.1) is 0 Å². The van der Waals surface area contributed by atoms with E-state index in [9.17, 15) is 4.79 Å². The predicted molar refractivity (Wildman–Crippen MR) is 84.7 cm³/mol. The molecule has 0 aliphatic carbocycles. The van der Waals surface area contributed by atoms with E-state index in [-0.39, 0.29) is 12.2 Å². The number of rotatable bonds is 6. The van der Waals surface area contributed by atoms with Gasteiger partial charge in [0.2, 0.25) is 0 Å². The minimum Gasteiger partial charge on any atom is -0.443 e. The molecule has 112 valence electrons. The number of hydrogen-bond acceptors (Lipinski definition) is 3. The van der Waals surface area contributed by atoms with E-state index in [0.717, 1.165) is 13.1 Å². The van der Waals surface area contributed by atoms with Crippen LogP contribution in [-0.2, 0) is 15.4 Å². The highest BCUT2D eigenvalue weighted by atomic mass is 35.5. The number of carbonyl (C=O) groups excluding carboxylic acids is 1. The quantitative estimate of drug-likeness (QED) is 0.346. The minimum atomic E-state index is -0.366. The van der Waals surface area contributed by atoms with Crippen LogP contribution >= 0.6 is 11.6 Å². The highest BCUT2D eigenvalue weighted by molar-refractivity contribution is 6.17. The van der Waals surface area contributed by atoms with Crippen LogP contribution in [0, 0.1) is 0 Å². The Morgan fingerprint density at radius 1 is 1.35 bits per heavy atom. The van der Waals surface area contributed by atoms with Crippen LogP contribution in [0.2, 0.25) is 0 Å². The number of ether oxygens (including phenoxy) is 1. The fourth-order valence-electron chi connectivity index (χ4n) is 1.60. The maximum absolute atomic E-state index is 10.8. The number of hydrogen-bond donors (Lipinski definition) is 0.